The molecule has 0 radical (unpaired) electrons. The molecule has 0 saturated heterocycles. The van der Waals surface area contributed by atoms with Crippen LogP contribution in [0, 0.1) is 0 Å². The van der Waals surface area contributed by atoms with Crippen molar-refractivity contribution in [1.29, 1.82) is 0 Å². The van der Waals surface area contributed by atoms with E-state index in [0.717, 1.165) is 17.7 Å². The summed E-state index contributed by atoms with van der Waals surface area (Å²) in [5, 5.41) is 9.85. The van der Waals surface area contributed by atoms with Gasteiger partial charge in [0.1, 0.15) is 5.15 Å². The van der Waals surface area contributed by atoms with Crippen molar-refractivity contribution in [2.45, 2.75) is 45.4 Å². The summed E-state index contributed by atoms with van der Waals surface area (Å²) in [6.45, 7) is 2.96. The molecule has 0 amide bonds. The Bertz CT molecular complexity index is 387. The highest BCUT2D eigenvalue weighted by Gasteiger charge is 1.95. The van der Waals surface area contributed by atoms with E-state index in [4.69, 9.17) is 11.6 Å². The van der Waals surface area contributed by atoms with E-state index in [1.807, 2.05) is 0 Å². The predicted molar refractivity (Wildman–Crippen MR) is 70.4 cm³/mol. The van der Waals surface area contributed by atoms with Gasteiger partial charge in [0.15, 0.2) is 5.49 Å². The van der Waals surface area contributed by atoms with Gasteiger partial charge in [0.2, 0.25) is 0 Å². The van der Waals surface area contributed by atoms with Crippen molar-refractivity contribution in [1.82, 2.24) is 4.73 Å². The number of nitrogens with zero attached hydrogens (tertiary/aromatic N) is 2. The van der Waals surface area contributed by atoms with Crippen molar-refractivity contribution in [3.8, 4) is 0 Å². The summed E-state index contributed by atoms with van der Waals surface area (Å²) >= 11 is 5.76. The lowest BCUT2D eigenvalue weighted by Crippen LogP contribution is -2.18. The molecule has 0 spiro atoms. The summed E-state index contributed by atoms with van der Waals surface area (Å²) < 4.78 is 0.915. The fourth-order valence-electron chi connectivity index (χ4n) is 1.67. The molecule has 96 valence electrons. The van der Waals surface area contributed by atoms with Crippen LogP contribution in [0.1, 0.15) is 45.4 Å². The maximum atomic E-state index is 9.56. The number of rotatable bonds is 7. The van der Waals surface area contributed by atoms with Crippen LogP contribution in [0.5, 0.6) is 0 Å². The fourth-order valence-corrected chi connectivity index (χ4v) is 1.83. The maximum absolute atomic E-state index is 9.56. The second kappa shape index (κ2) is 8.18. The first kappa shape index (κ1) is 14.1. The van der Waals surface area contributed by atoms with Crippen LogP contribution in [0.3, 0.4) is 0 Å². The third-order valence-electron chi connectivity index (χ3n) is 2.68. The Balaban J connectivity index is 2.31. The van der Waals surface area contributed by atoms with E-state index in [2.05, 4.69) is 11.9 Å². The molecule has 0 aliphatic heterocycles. The number of hydrogen-bond donors (Lipinski definition) is 1. The average Bonchev–Trinajstić information content (AvgIpc) is 2.33. The molecule has 0 unspecified atom stereocenters. The highest BCUT2D eigenvalue weighted by molar-refractivity contribution is 6.29. The first-order valence-electron chi connectivity index (χ1n) is 6.33. The summed E-state index contributed by atoms with van der Waals surface area (Å²) in [6.07, 6.45) is 7.46. The molecule has 0 aliphatic rings. The molecule has 4 heteroatoms. The van der Waals surface area contributed by atoms with Crippen LogP contribution < -0.4 is 5.49 Å². The molecule has 1 N–H and O–H groups in total. The average molecular weight is 257 g/mol. The number of unbranched alkanes of at least 4 members (excludes halogenated alkanes) is 5. The van der Waals surface area contributed by atoms with Crippen molar-refractivity contribution >= 4 is 11.6 Å². The van der Waals surface area contributed by atoms with Gasteiger partial charge in [0.25, 0.3) is 0 Å². The second-order valence-electron chi connectivity index (χ2n) is 4.17. The van der Waals surface area contributed by atoms with Gasteiger partial charge in [-0.2, -0.15) is 4.73 Å². The van der Waals surface area contributed by atoms with Crippen molar-refractivity contribution in [2.75, 3.05) is 6.54 Å². The van der Waals surface area contributed by atoms with Gasteiger partial charge in [-0.3, -0.25) is 4.99 Å². The monoisotopic (exact) mass is 256 g/mol. The van der Waals surface area contributed by atoms with E-state index in [9.17, 15) is 5.21 Å². The first-order chi connectivity index (χ1) is 8.25. The second-order valence-corrected chi connectivity index (χ2v) is 4.56. The summed E-state index contributed by atoms with van der Waals surface area (Å²) in [5.41, 5.74) is 0.519. The summed E-state index contributed by atoms with van der Waals surface area (Å²) in [4.78, 5) is 4.31. The number of aromatic nitrogens is 1. The van der Waals surface area contributed by atoms with Crippen molar-refractivity contribution < 1.29 is 5.21 Å². The third kappa shape index (κ3) is 5.26. The van der Waals surface area contributed by atoms with Crippen LogP contribution in [0.2, 0.25) is 5.15 Å². The molecule has 1 aromatic heterocycles. The molecule has 0 aromatic carbocycles. The van der Waals surface area contributed by atoms with Crippen LogP contribution in [-0.4, -0.2) is 16.5 Å². The molecule has 1 rings (SSSR count). The zero-order valence-electron chi connectivity index (χ0n) is 10.4. The van der Waals surface area contributed by atoms with Crippen molar-refractivity contribution in [3.63, 3.8) is 0 Å². The number of halogens is 1. The molecule has 3 nitrogen and oxygen atoms in total. The van der Waals surface area contributed by atoms with Crippen molar-refractivity contribution in [2.24, 2.45) is 4.99 Å². The quantitative estimate of drug-likeness (QED) is 0.451. The Morgan fingerprint density at radius 2 is 1.88 bits per heavy atom. The normalized spacial score (nSPS) is 12.0. The molecule has 0 fully saturated rings. The minimum Gasteiger partial charge on any atom is -0.426 e. The Morgan fingerprint density at radius 1 is 1.18 bits per heavy atom. The molecule has 1 aromatic rings. The minimum absolute atomic E-state index is 0.286. The zero-order chi connectivity index (χ0) is 12.5. The summed E-state index contributed by atoms with van der Waals surface area (Å²) in [6, 6.07) is 5.17. The SMILES string of the molecule is CCCCCCCCN=c1cccc(Cl)n1O. The molecule has 0 saturated carbocycles. The van der Waals surface area contributed by atoms with E-state index in [1.54, 1.807) is 18.2 Å². The highest BCUT2D eigenvalue weighted by Crippen LogP contribution is 2.05. The fraction of sp³-hybridized carbons (Fsp3) is 0.615. The molecule has 0 atom stereocenters. The van der Waals surface area contributed by atoms with Gasteiger partial charge < -0.3 is 5.21 Å². The molecular formula is C13H21ClN2O. The van der Waals surface area contributed by atoms with Crippen LogP contribution in [0.15, 0.2) is 23.2 Å². The molecule has 1 heterocycles. The Labute approximate surface area is 108 Å². The zero-order valence-corrected chi connectivity index (χ0v) is 11.2. The van der Waals surface area contributed by atoms with E-state index in [1.165, 1.54) is 32.1 Å². The van der Waals surface area contributed by atoms with Crippen LogP contribution in [-0.2, 0) is 0 Å². The van der Waals surface area contributed by atoms with Gasteiger partial charge in [-0.1, -0.05) is 56.7 Å². The predicted octanol–water partition coefficient (Wildman–Crippen LogP) is 3.64. The standard InChI is InChI=1S/C13H21ClN2O/c1-2-3-4-5-6-7-11-15-13-10-8-9-12(14)16(13)17/h8-10,17H,2-7,11H2,1H3. The van der Waals surface area contributed by atoms with E-state index in [-0.39, 0.29) is 5.15 Å². The number of hydrogen-bond acceptors (Lipinski definition) is 2. The van der Waals surface area contributed by atoms with Gasteiger partial charge in [0, 0.05) is 6.54 Å². The highest BCUT2D eigenvalue weighted by atomic mass is 35.5. The summed E-state index contributed by atoms with van der Waals surface area (Å²) in [5.74, 6) is 0. The van der Waals surface area contributed by atoms with Crippen molar-refractivity contribution in [3.05, 3.63) is 28.8 Å². The van der Waals surface area contributed by atoms with E-state index in [0.29, 0.717) is 5.49 Å². The lowest BCUT2D eigenvalue weighted by atomic mass is 10.1. The van der Waals surface area contributed by atoms with Crippen LogP contribution in [0.25, 0.3) is 0 Å². The lowest BCUT2D eigenvalue weighted by molar-refractivity contribution is 0.172. The smallest absolute Gasteiger partial charge is 0.165 e. The Kier molecular flexibility index (Phi) is 6.78. The van der Waals surface area contributed by atoms with Gasteiger partial charge >= 0.3 is 0 Å². The maximum Gasteiger partial charge on any atom is 0.165 e. The van der Waals surface area contributed by atoms with Gasteiger partial charge in [-0.05, 0) is 18.6 Å². The lowest BCUT2D eigenvalue weighted by Gasteiger charge is -2.01. The molecular weight excluding hydrogens is 236 g/mol. The van der Waals surface area contributed by atoms with Gasteiger partial charge in [-0.25, -0.2) is 0 Å². The first-order valence-corrected chi connectivity index (χ1v) is 6.71. The van der Waals surface area contributed by atoms with Crippen LogP contribution >= 0.6 is 11.6 Å². The van der Waals surface area contributed by atoms with Gasteiger partial charge in [-0.15, -0.1) is 0 Å². The molecule has 0 bridgehead atoms. The topological polar surface area (TPSA) is 37.5 Å². The molecule has 17 heavy (non-hydrogen) atoms. The minimum atomic E-state index is 0.286. The Morgan fingerprint density at radius 3 is 2.65 bits per heavy atom. The summed E-state index contributed by atoms with van der Waals surface area (Å²) in [7, 11) is 0. The molecule has 0 aliphatic carbocycles. The Hall–Kier alpha value is -0.960. The largest absolute Gasteiger partial charge is 0.426 e. The third-order valence-corrected chi connectivity index (χ3v) is 2.97. The van der Waals surface area contributed by atoms with E-state index >= 15 is 0 Å². The van der Waals surface area contributed by atoms with E-state index < -0.39 is 0 Å². The van der Waals surface area contributed by atoms with Gasteiger partial charge in [0.05, 0.1) is 0 Å². The number of pyridine rings is 1. The van der Waals surface area contributed by atoms with Crippen LogP contribution in [0.4, 0.5) is 0 Å².